The zero-order chi connectivity index (χ0) is 19.9. The Hall–Kier alpha value is -3.11. The van der Waals surface area contributed by atoms with Crippen LogP contribution >= 0.6 is 11.8 Å². The molecule has 6 nitrogen and oxygen atoms in total. The van der Waals surface area contributed by atoms with E-state index >= 15 is 0 Å². The number of ether oxygens (including phenoxy) is 1. The number of thioether (sulfide) groups is 1. The number of nitrogens with zero attached hydrogens (tertiary/aromatic N) is 5. The number of rotatable bonds is 10. The third-order valence-electron chi connectivity index (χ3n) is 4.67. The van der Waals surface area contributed by atoms with E-state index in [1.54, 1.807) is 18.1 Å². The fourth-order valence-electron chi connectivity index (χ4n) is 2.92. The highest BCUT2D eigenvalue weighted by Gasteiger charge is 2.38. The van der Waals surface area contributed by atoms with Crippen LogP contribution in [0.15, 0.2) is 76.3 Å². The van der Waals surface area contributed by atoms with Crippen LogP contribution in [0.4, 0.5) is 0 Å². The van der Waals surface area contributed by atoms with E-state index in [4.69, 9.17) is 11.2 Å². The molecule has 0 spiro atoms. The minimum Gasteiger partial charge on any atom is -0.489 e. The van der Waals surface area contributed by atoms with Crippen LogP contribution in [0.25, 0.3) is 5.69 Å². The fraction of sp³-hybridized carbons (Fsp3) is 0.273. The third kappa shape index (κ3) is 5.04. The molecule has 0 saturated heterocycles. The summed E-state index contributed by atoms with van der Waals surface area (Å²) in [5, 5.41) is 17.5. The molecule has 4 rings (SSSR count). The van der Waals surface area contributed by atoms with E-state index in [0.29, 0.717) is 13.0 Å². The van der Waals surface area contributed by atoms with Crippen LogP contribution in [0.1, 0.15) is 24.8 Å². The van der Waals surface area contributed by atoms with Crippen molar-refractivity contribution in [3.8, 4) is 23.8 Å². The Bertz CT molecular complexity index is 1000. The first-order chi connectivity index (χ1) is 14.3. The summed E-state index contributed by atoms with van der Waals surface area (Å²) in [6, 6.07) is 18.1. The molecule has 1 aliphatic heterocycles. The topological polar surface area (TPSA) is 64.7 Å². The van der Waals surface area contributed by atoms with Crippen LogP contribution in [0.2, 0.25) is 0 Å². The molecule has 0 atom stereocenters. The number of hydrogen-bond acceptors (Lipinski definition) is 6. The van der Waals surface area contributed by atoms with Gasteiger partial charge < -0.3 is 4.74 Å². The van der Waals surface area contributed by atoms with Crippen molar-refractivity contribution in [2.24, 2.45) is 10.2 Å². The van der Waals surface area contributed by atoms with Gasteiger partial charge in [-0.2, -0.15) is 10.2 Å². The Morgan fingerprint density at radius 2 is 1.83 bits per heavy atom. The predicted molar refractivity (Wildman–Crippen MR) is 113 cm³/mol. The van der Waals surface area contributed by atoms with Crippen LogP contribution in [0.3, 0.4) is 0 Å². The highest BCUT2D eigenvalue weighted by atomic mass is 32.2. The van der Waals surface area contributed by atoms with Gasteiger partial charge in [0.1, 0.15) is 18.7 Å². The molecule has 2 aromatic carbocycles. The molecule has 0 aliphatic carbocycles. The molecule has 0 fully saturated rings. The summed E-state index contributed by atoms with van der Waals surface area (Å²) in [6.45, 7) is 0.547. The summed E-state index contributed by atoms with van der Waals surface area (Å²) in [5.41, 5.74) is 1.87. The summed E-state index contributed by atoms with van der Waals surface area (Å²) >= 11 is 1.65. The average molecular weight is 404 g/mol. The molecule has 0 amide bonds. The molecule has 0 bridgehead atoms. The highest BCUT2D eigenvalue weighted by Crippen LogP contribution is 2.38. The lowest BCUT2D eigenvalue weighted by Crippen LogP contribution is -2.11. The quantitative estimate of drug-likeness (QED) is 0.357. The maximum Gasteiger partial charge on any atom is 0.195 e. The first kappa shape index (κ1) is 19.2. The summed E-state index contributed by atoms with van der Waals surface area (Å²) in [5.74, 6) is 4.34. The first-order valence-corrected chi connectivity index (χ1v) is 10.4. The highest BCUT2D eigenvalue weighted by molar-refractivity contribution is 7.99. The van der Waals surface area contributed by atoms with Gasteiger partial charge in [0.15, 0.2) is 10.8 Å². The van der Waals surface area contributed by atoms with Crippen LogP contribution < -0.4 is 4.74 Å². The van der Waals surface area contributed by atoms with Crippen molar-refractivity contribution in [1.82, 2.24) is 14.8 Å². The summed E-state index contributed by atoms with van der Waals surface area (Å²) < 4.78 is 7.83. The van der Waals surface area contributed by atoms with Gasteiger partial charge in [0.25, 0.3) is 0 Å². The van der Waals surface area contributed by atoms with Gasteiger partial charge in [-0.05, 0) is 29.8 Å². The maximum absolute atomic E-state index is 5.86. The van der Waals surface area contributed by atoms with Gasteiger partial charge in [-0.15, -0.1) is 22.5 Å². The van der Waals surface area contributed by atoms with E-state index in [9.17, 15) is 0 Å². The second-order valence-electron chi connectivity index (χ2n) is 6.74. The minimum absolute atomic E-state index is 0.262. The number of aromatic nitrogens is 3. The normalized spacial score (nSPS) is 13.8. The molecule has 0 N–H and O–H groups in total. The van der Waals surface area contributed by atoms with Gasteiger partial charge in [-0.1, -0.05) is 42.1 Å². The first-order valence-electron chi connectivity index (χ1n) is 9.45. The van der Waals surface area contributed by atoms with E-state index in [2.05, 4.69) is 26.3 Å². The Balaban J connectivity index is 1.32. The van der Waals surface area contributed by atoms with Gasteiger partial charge in [-0.25, -0.2) is 0 Å². The van der Waals surface area contributed by atoms with Gasteiger partial charge in [0.2, 0.25) is 0 Å². The molecular formula is C22H21N5OS. The van der Waals surface area contributed by atoms with Crippen molar-refractivity contribution in [1.29, 1.82) is 0 Å². The van der Waals surface area contributed by atoms with Gasteiger partial charge in [-0.3, -0.25) is 4.57 Å². The van der Waals surface area contributed by atoms with Crippen molar-refractivity contribution in [3.63, 3.8) is 0 Å². The molecule has 7 heteroatoms. The van der Waals surface area contributed by atoms with Gasteiger partial charge >= 0.3 is 0 Å². The van der Waals surface area contributed by atoms with E-state index in [0.717, 1.165) is 40.8 Å². The van der Waals surface area contributed by atoms with Crippen LogP contribution in [0.5, 0.6) is 5.75 Å². The van der Waals surface area contributed by atoms with Crippen molar-refractivity contribution < 1.29 is 4.74 Å². The molecule has 2 heterocycles. The maximum atomic E-state index is 5.86. The summed E-state index contributed by atoms with van der Waals surface area (Å²) in [6.07, 6.45) is 9.45. The Labute approximate surface area is 174 Å². The van der Waals surface area contributed by atoms with Crippen molar-refractivity contribution in [3.05, 3.63) is 66.5 Å². The zero-order valence-corrected chi connectivity index (χ0v) is 16.8. The lowest BCUT2D eigenvalue weighted by Gasteiger charge is -2.10. The molecule has 1 aliphatic rings. The lowest BCUT2D eigenvalue weighted by atomic mass is 10.1. The van der Waals surface area contributed by atoms with E-state index < -0.39 is 0 Å². The van der Waals surface area contributed by atoms with Crippen LogP contribution in [-0.4, -0.2) is 26.2 Å². The van der Waals surface area contributed by atoms with Crippen LogP contribution in [0, 0.1) is 12.3 Å². The average Bonchev–Trinajstić information content (AvgIpc) is 3.38. The monoisotopic (exact) mass is 403 g/mol. The molecule has 0 radical (unpaired) electrons. The van der Waals surface area contributed by atoms with Gasteiger partial charge in [0.05, 0.1) is 0 Å². The van der Waals surface area contributed by atoms with E-state index in [1.807, 2.05) is 59.2 Å². The Kier molecular flexibility index (Phi) is 5.92. The number of benzene rings is 2. The largest absolute Gasteiger partial charge is 0.489 e. The molecule has 0 saturated carbocycles. The van der Waals surface area contributed by atoms with Crippen molar-refractivity contribution in [2.45, 2.75) is 36.7 Å². The zero-order valence-electron chi connectivity index (χ0n) is 15.9. The number of terminal acetylenes is 1. The molecule has 0 unspecified atom stereocenters. The van der Waals surface area contributed by atoms with Gasteiger partial charge in [0, 0.05) is 30.7 Å². The molecule has 146 valence electrons. The lowest BCUT2D eigenvalue weighted by molar-refractivity contribution is 0.306. The summed E-state index contributed by atoms with van der Waals surface area (Å²) in [7, 11) is 0. The van der Waals surface area contributed by atoms with Crippen molar-refractivity contribution >= 4 is 11.8 Å². The standard InChI is InChI=1S/C22H21N5OS/c1-2-3-13-22(25-26-22)14-15-29-21-24-23-17-27(21)19-9-11-20(12-10-19)28-16-18-7-5-4-6-8-18/h1,4-12,17H,3,13-16H2. The van der Waals surface area contributed by atoms with Crippen molar-refractivity contribution in [2.75, 3.05) is 5.75 Å². The number of hydrogen-bond donors (Lipinski definition) is 0. The minimum atomic E-state index is -0.262. The third-order valence-corrected chi connectivity index (χ3v) is 5.61. The second kappa shape index (κ2) is 8.93. The molecule has 1 aromatic heterocycles. The summed E-state index contributed by atoms with van der Waals surface area (Å²) in [4.78, 5) is 0. The van der Waals surface area contributed by atoms with Crippen LogP contribution in [-0.2, 0) is 6.61 Å². The molecule has 3 aromatic rings. The predicted octanol–water partition coefficient (Wildman–Crippen LogP) is 4.90. The SMILES string of the molecule is C#CCCC1(CCSc2nncn2-c2ccc(OCc3ccccc3)cc2)N=N1. The van der Waals surface area contributed by atoms with E-state index in [1.165, 1.54) is 0 Å². The Morgan fingerprint density at radius 1 is 1.03 bits per heavy atom. The second-order valence-corrected chi connectivity index (χ2v) is 7.80. The Morgan fingerprint density at radius 3 is 2.55 bits per heavy atom. The molecular weight excluding hydrogens is 382 g/mol. The van der Waals surface area contributed by atoms with E-state index in [-0.39, 0.29) is 5.66 Å². The smallest absolute Gasteiger partial charge is 0.195 e. The fourth-order valence-corrected chi connectivity index (χ4v) is 3.93. The molecule has 29 heavy (non-hydrogen) atoms.